The molecule has 88 valence electrons. The number of rotatable bonds is 0. The Balaban J connectivity index is 1.95. The Morgan fingerprint density at radius 3 is 1.94 bits per heavy atom. The standard InChI is InChI=1S/C11H16N2O3/c1-6(14)12-8-3-9-5-10(4-8)16-11(12)13(9)7(2)15/h8-11H,3-5H2,1-2H3. The van der Waals surface area contributed by atoms with E-state index in [4.69, 9.17) is 4.74 Å². The van der Waals surface area contributed by atoms with Crippen molar-refractivity contribution in [3.05, 3.63) is 0 Å². The van der Waals surface area contributed by atoms with Gasteiger partial charge in [0.05, 0.1) is 6.10 Å². The topological polar surface area (TPSA) is 49.9 Å². The maximum absolute atomic E-state index is 11.6. The summed E-state index contributed by atoms with van der Waals surface area (Å²) in [4.78, 5) is 26.7. The lowest BCUT2D eigenvalue weighted by Gasteiger charge is -2.60. The molecule has 4 fully saturated rings. The van der Waals surface area contributed by atoms with Crippen LogP contribution in [0.3, 0.4) is 0 Å². The van der Waals surface area contributed by atoms with E-state index in [0.717, 1.165) is 19.3 Å². The fourth-order valence-electron chi connectivity index (χ4n) is 3.40. The lowest BCUT2D eigenvalue weighted by atomic mass is 9.82. The van der Waals surface area contributed by atoms with Crippen molar-refractivity contribution in [1.29, 1.82) is 0 Å². The molecule has 4 bridgehead atoms. The summed E-state index contributed by atoms with van der Waals surface area (Å²) in [7, 11) is 0. The van der Waals surface area contributed by atoms with Gasteiger partial charge in [-0.15, -0.1) is 0 Å². The SMILES string of the molecule is CC(=O)N1C2CC3CC(C2)N(C(C)=O)C1O3. The Morgan fingerprint density at radius 1 is 1.00 bits per heavy atom. The van der Waals surface area contributed by atoms with Gasteiger partial charge in [0.1, 0.15) is 0 Å². The summed E-state index contributed by atoms with van der Waals surface area (Å²) in [6, 6.07) is 0.547. The van der Waals surface area contributed by atoms with E-state index >= 15 is 0 Å². The summed E-state index contributed by atoms with van der Waals surface area (Å²) >= 11 is 0. The highest BCUT2D eigenvalue weighted by Crippen LogP contribution is 2.42. The van der Waals surface area contributed by atoms with Crippen LogP contribution in [0.4, 0.5) is 0 Å². The second kappa shape index (κ2) is 3.20. The first-order chi connectivity index (χ1) is 7.58. The Kier molecular flexibility index (Phi) is 2.01. The van der Waals surface area contributed by atoms with Gasteiger partial charge in [-0.25, -0.2) is 0 Å². The van der Waals surface area contributed by atoms with E-state index in [1.807, 2.05) is 0 Å². The summed E-state index contributed by atoms with van der Waals surface area (Å²) in [6.07, 6.45) is 2.57. The molecule has 4 aliphatic rings. The van der Waals surface area contributed by atoms with Crippen LogP contribution in [0.2, 0.25) is 0 Å². The minimum absolute atomic E-state index is 0.0000463. The van der Waals surface area contributed by atoms with Gasteiger partial charge in [-0.2, -0.15) is 0 Å². The van der Waals surface area contributed by atoms with E-state index in [9.17, 15) is 9.59 Å². The average molecular weight is 224 g/mol. The van der Waals surface area contributed by atoms with Gasteiger partial charge < -0.3 is 4.74 Å². The van der Waals surface area contributed by atoms with Crippen LogP contribution >= 0.6 is 0 Å². The van der Waals surface area contributed by atoms with Crippen molar-refractivity contribution < 1.29 is 14.3 Å². The van der Waals surface area contributed by atoms with Crippen LogP contribution in [-0.2, 0) is 14.3 Å². The molecule has 0 aromatic carbocycles. The molecule has 5 heteroatoms. The van der Waals surface area contributed by atoms with E-state index in [1.165, 1.54) is 0 Å². The molecule has 0 radical (unpaired) electrons. The fraction of sp³-hybridized carbons (Fsp3) is 0.818. The molecule has 3 aliphatic heterocycles. The average Bonchev–Trinajstić information content (AvgIpc) is 2.14. The van der Waals surface area contributed by atoms with E-state index in [1.54, 1.807) is 23.6 Å². The molecule has 1 aliphatic carbocycles. The van der Waals surface area contributed by atoms with E-state index in [2.05, 4.69) is 0 Å². The number of carbonyl (C=O) groups excluding carboxylic acids is 2. The summed E-state index contributed by atoms with van der Waals surface area (Å²) in [5, 5.41) is 0. The summed E-state index contributed by atoms with van der Waals surface area (Å²) in [5.41, 5.74) is 0. The van der Waals surface area contributed by atoms with Crippen molar-refractivity contribution in [2.75, 3.05) is 0 Å². The van der Waals surface area contributed by atoms with Crippen LogP contribution in [0.25, 0.3) is 0 Å². The van der Waals surface area contributed by atoms with Gasteiger partial charge >= 0.3 is 0 Å². The second-order valence-corrected chi connectivity index (χ2v) is 4.95. The Morgan fingerprint density at radius 2 is 1.50 bits per heavy atom. The Labute approximate surface area is 94.3 Å². The predicted octanol–water partition coefficient (Wildman–Crippen LogP) is 0.301. The van der Waals surface area contributed by atoms with Gasteiger partial charge in [0.15, 0.2) is 0 Å². The molecule has 3 saturated heterocycles. The number of nitrogens with zero attached hydrogens (tertiary/aromatic N) is 2. The van der Waals surface area contributed by atoms with Crippen molar-refractivity contribution >= 4 is 11.8 Å². The van der Waals surface area contributed by atoms with Crippen molar-refractivity contribution in [2.24, 2.45) is 0 Å². The van der Waals surface area contributed by atoms with Gasteiger partial charge in [0.2, 0.25) is 18.2 Å². The molecule has 2 unspecified atom stereocenters. The van der Waals surface area contributed by atoms with Gasteiger partial charge in [-0.3, -0.25) is 19.4 Å². The molecule has 2 atom stereocenters. The zero-order valence-electron chi connectivity index (χ0n) is 9.55. The smallest absolute Gasteiger partial charge is 0.223 e. The highest BCUT2D eigenvalue weighted by atomic mass is 16.5. The first-order valence-electron chi connectivity index (χ1n) is 5.81. The lowest BCUT2D eigenvalue weighted by molar-refractivity contribution is -0.284. The Hall–Kier alpha value is -1.10. The van der Waals surface area contributed by atoms with Crippen LogP contribution in [0.1, 0.15) is 33.1 Å². The molecule has 5 nitrogen and oxygen atoms in total. The molecule has 0 aromatic heterocycles. The molecule has 0 aromatic rings. The van der Waals surface area contributed by atoms with E-state index < -0.39 is 6.35 Å². The molecule has 0 spiro atoms. The maximum Gasteiger partial charge on any atom is 0.223 e. The zero-order chi connectivity index (χ0) is 11.4. The lowest BCUT2D eigenvalue weighted by Crippen LogP contribution is -2.73. The third-order valence-corrected chi connectivity index (χ3v) is 3.92. The Bertz CT molecular complexity index is 327. The largest absolute Gasteiger partial charge is 0.337 e. The van der Waals surface area contributed by atoms with Crippen LogP contribution < -0.4 is 0 Å². The fourth-order valence-corrected chi connectivity index (χ4v) is 3.40. The number of ether oxygens (including phenoxy) is 1. The number of hydrogen-bond acceptors (Lipinski definition) is 3. The highest BCUT2D eigenvalue weighted by molar-refractivity contribution is 5.78. The number of hydrogen-bond donors (Lipinski definition) is 0. The minimum Gasteiger partial charge on any atom is -0.337 e. The summed E-state index contributed by atoms with van der Waals surface area (Å²) < 4.78 is 5.78. The maximum atomic E-state index is 11.6. The van der Waals surface area contributed by atoms with E-state index in [-0.39, 0.29) is 30.0 Å². The highest BCUT2D eigenvalue weighted by Gasteiger charge is 2.54. The van der Waals surface area contributed by atoms with Crippen LogP contribution in [0.5, 0.6) is 0 Å². The van der Waals surface area contributed by atoms with Crippen LogP contribution in [0.15, 0.2) is 0 Å². The number of amides is 2. The van der Waals surface area contributed by atoms with Crippen molar-refractivity contribution in [2.45, 2.75) is 57.6 Å². The molecule has 3 heterocycles. The molecule has 1 saturated carbocycles. The monoisotopic (exact) mass is 224 g/mol. The first-order valence-corrected chi connectivity index (χ1v) is 5.81. The molecule has 4 rings (SSSR count). The third-order valence-electron chi connectivity index (χ3n) is 3.92. The van der Waals surface area contributed by atoms with Crippen molar-refractivity contribution in [3.63, 3.8) is 0 Å². The van der Waals surface area contributed by atoms with Crippen molar-refractivity contribution in [3.8, 4) is 0 Å². The molecular weight excluding hydrogens is 208 g/mol. The third kappa shape index (κ3) is 1.21. The normalized spacial score (nSPS) is 40.4. The molecular formula is C11H16N2O3. The molecule has 16 heavy (non-hydrogen) atoms. The van der Waals surface area contributed by atoms with Gasteiger partial charge in [-0.1, -0.05) is 0 Å². The number of carbonyl (C=O) groups is 2. The second-order valence-electron chi connectivity index (χ2n) is 4.95. The van der Waals surface area contributed by atoms with Crippen molar-refractivity contribution in [1.82, 2.24) is 9.80 Å². The summed E-state index contributed by atoms with van der Waals surface area (Å²) in [6.45, 7) is 3.09. The molecule has 0 N–H and O–H groups in total. The molecule has 2 amide bonds. The zero-order valence-corrected chi connectivity index (χ0v) is 9.55. The van der Waals surface area contributed by atoms with Gasteiger partial charge in [-0.05, 0) is 19.3 Å². The van der Waals surface area contributed by atoms with Gasteiger partial charge in [0, 0.05) is 25.9 Å². The predicted molar refractivity (Wildman–Crippen MR) is 55.1 cm³/mol. The quantitative estimate of drug-likeness (QED) is 0.594. The minimum atomic E-state index is -0.439. The van der Waals surface area contributed by atoms with E-state index in [0.29, 0.717) is 0 Å². The van der Waals surface area contributed by atoms with Crippen LogP contribution in [0, 0.1) is 0 Å². The van der Waals surface area contributed by atoms with Gasteiger partial charge in [0.25, 0.3) is 0 Å². The summed E-state index contributed by atoms with van der Waals surface area (Å²) in [5.74, 6) is 0.0000926. The first kappa shape index (κ1) is 10.1. The van der Waals surface area contributed by atoms with Crippen LogP contribution in [-0.4, -0.2) is 46.2 Å².